The van der Waals surface area contributed by atoms with Crippen molar-refractivity contribution in [2.75, 3.05) is 26.7 Å². The number of aliphatic carboxylic acids is 1. The summed E-state index contributed by atoms with van der Waals surface area (Å²) in [5.74, 6) is -0.706. The summed E-state index contributed by atoms with van der Waals surface area (Å²) in [5.41, 5.74) is -0.770. The molecule has 0 radical (unpaired) electrons. The van der Waals surface area contributed by atoms with Crippen molar-refractivity contribution in [1.29, 1.82) is 0 Å². The smallest absolute Gasteiger partial charge is 0.416 e. The van der Waals surface area contributed by atoms with Gasteiger partial charge in [0, 0.05) is 13.1 Å². The number of aliphatic hydroxyl groups is 1. The van der Waals surface area contributed by atoms with Crippen LogP contribution in [0, 0.1) is 0 Å². The van der Waals surface area contributed by atoms with Crippen LogP contribution in [-0.4, -0.2) is 53.9 Å². The number of nitrogens with zero attached hydrogens (tertiary/aromatic N) is 1. The van der Waals surface area contributed by atoms with E-state index in [1.54, 1.807) is 11.9 Å². The number of halogens is 3. The lowest BCUT2D eigenvalue weighted by molar-refractivity contribution is -0.138. The highest BCUT2D eigenvalue weighted by atomic mass is 19.4. The van der Waals surface area contributed by atoms with Gasteiger partial charge in [-0.1, -0.05) is 0 Å². The van der Waals surface area contributed by atoms with Crippen molar-refractivity contribution >= 4 is 5.97 Å². The summed E-state index contributed by atoms with van der Waals surface area (Å²) in [6.45, 7) is 0.392. The van der Waals surface area contributed by atoms with E-state index >= 15 is 0 Å². The molecule has 0 aromatic heterocycles. The Hall–Kier alpha value is -1.80. The molecule has 2 N–H and O–H groups in total. The lowest BCUT2D eigenvalue weighted by atomic mass is 10.2. The summed E-state index contributed by atoms with van der Waals surface area (Å²) in [7, 11) is 1.66. The molecule has 1 atom stereocenters. The fourth-order valence-corrected chi connectivity index (χ4v) is 1.72. The van der Waals surface area contributed by atoms with Crippen molar-refractivity contribution in [3.63, 3.8) is 0 Å². The molecule has 124 valence electrons. The molecule has 22 heavy (non-hydrogen) atoms. The SMILES string of the molecule is CN(CCC(=O)O)CC(O)COc1ccc(C(F)(F)F)cc1. The van der Waals surface area contributed by atoms with E-state index in [-0.39, 0.29) is 31.9 Å². The Morgan fingerprint density at radius 1 is 1.32 bits per heavy atom. The molecule has 8 heteroatoms. The molecular formula is C14H18F3NO4. The van der Waals surface area contributed by atoms with Crippen LogP contribution in [0.2, 0.25) is 0 Å². The highest BCUT2D eigenvalue weighted by molar-refractivity contribution is 5.66. The Balaban J connectivity index is 2.37. The van der Waals surface area contributed by atoms with Crippen molar-refractivity contribution < 1.29 is 32.9 Å². The van der Waals surface area contributed by atoms with Crippen molar-refractivity contribution in [3.8, 4) is 5.75 Å². The molecule has 0 fully saturated rings. The van der Waals surface area contributed by atoms with E-state index in [0.29, 0.717) is 0 Å². The topological polar surface area (TPSA) is 70.0 Å². The van der Waals surface area contributed by atoms with Crippen LogP contribution in [0.25, 0.3) is 0 Å². The van der Waals surface area contributed by atoms with Crippen LogP contribution < -0.4 is 4.74 Å². The van der Waals surface area contributed by atoms with E-state index in [4.69, 9.17) is 9.84 Å². The molecule has 0 amide bonds. The number of likely N-dealkylation sites (N-methyl/N-ethyl adjacent to an activating group) is 1. The lowest BCUT2D eigenvalue weighted by Gasteiger charge is -2.20. The van der Waals surface area contributed by atoms with Crippen LogP contribution in [-0.2, 0) is 11.0 Å². The highest BCUT2D eigenvalue weighted by Gasteiger charge is 2.30. The standard InChI is InChI=1S/C14H18F3NO4/c1-18(7-6-13(20)21)8-11(19)9-22-12-4-2-10(3-5-12)14(15,16)17/h2-5,11,19H,6-9H2,1H3,(H,20,21). The number of carboxylic acids is 1. The van der Waals surface area contributed by atoms with E-state index in [2.05, 4.69) is 0 Å². The number of alkyl halides is 3. The minimum absolute atomic E-state index is 0.0387. The van der Waals surface area contributed by atoms with Gasteiger partial charge in [-0.15, -0.1) is 0 Å². The predicted molar refractivity (Wildman–Crippen MR) is 72.7 cm³/mol. The highest BCUT2D eigenvalue weighted by Crippen LogP contribution is 2.30. The molecule has 0 spiro atoms. The van der Waals surface area contributed by atoms with Gasteiger partial charge in [0.15, 0.2) is 0 Å². The van der Waals surface area contributed by atoms with Gasteiger partial charge in [-0.05, 0) is 31.3 Å². The summed E-state index contributed by atoms with van der Waals surface area (Å²) >= 11 is 0. The van der Waals surface area contributed by atoms with Crippen LogP contribution in [0.5, 0.6) is 5.75 Å². The van der Waals surface area contributed by atoms with Crippen molar-refractivity contribution in [2.24, 2.45) is 0 Å². The number of ether oxygens (including phenoxy) is 1. The molecule has 1 aromatic carbocycles. The molecule has 0 bridgehead atoms. The lowest BCUT2D eigenvalue weighted by Crippen LogP contribution is -2.34. The number of carbonyl (C=O) groups is 1. The third-order valence-corrected chi connectivity index (χ3v) is 2.85. The van der Waals surface area contributed by atoms with Crippen molar-refractivity contribution in [1.82, 2.24) is 4.90 Å². The van der Waals surface area contributed by atoms with Gasteiger partial charge in [-0.3, -0.25) is 4.79 Å². The van der Waals surface area contributed by atoms with Crippen LogP contribution >= 0.6 is 0 Å². The second-order valence-electron chi connectivity index (χ2n) is 4.89. The summed E-state index contributed by atoms with van der Waals surface area (Å²) in [4.78, 5) is 12.0. The fourth-order valence-electron chi connectivity index (χ4n) is 1.72. The van der Waals surface area contributed by atoms with Gasteiger partial charge in [0.05, 0.1) is 12.0 Å². The van der Waals surface area contributed by atoms with E-state index in [9.17, 15) is 23.1 Å². The predicted octanol–water partition coefficient (Wildman–Crippen LogP) is 1.85. The van der Waals surface area contributed by atoms with E-state index in [1.807, 2.05) is 0 Å². The third-order valence-electron chi connectivity index (χ3n) is 2.85. The molecule has 1 rings (SSSR count). The zero-order chi connectivity index (χ0) is 16.8. The van der Waals surface area contributed by atoms with Gasteiger partial charge < -0.3 is 19.8 Å². The number of rotatable bonds is 8. The van der Waals surface area contributed by atoms with Crippen LogP contribution in [0.15, 0.2) is 24.3 Å². The molecular weight excluding hydrogens is 303 g/mol. The zero-order valence-electron chi connectivity index (χ0n) is 12.0. The van der Waals surface area contributed by atoms with Crippen LogP contribution in [0.4, 0.5) is 13.2 Å². The first-order valence-electron chi connectivity index (χ1n) is 6.57. The first-order chi connectivity index (χ1) is 10.2. The molecule has 0 aliphatic carbocycles. The maximum atomic E-state index is 12.4. The monoisotopic (exact) mass is 321 g/mol. The second kappa shape index (κ2) is 8.00. The van der Waals surface area contributed by atoms with E-state index in [0.717, 1.165) is 12.1 Å². The molecule has 0 saturated heterocycles. The Morgan fingerprint density at radius 2 is 1.91 bits per heavy atom. The van der Waals surface area contributed by atoms with Crippen molar-refractivity contribution in [2.45, 2.75) is 18.7 Å². The largest absolute Gasteiger partial charge is 0.491 e. The number of hydrogen-bond acceptors (Lipinski definition) is 4. The zero-order valence-corrected chi connectivity index (χ0v) is 12.0. The number of carboxylic acid groups (broad SMARTS) is 1. The average molecular weight is 321 g/mol. The average Bonchev–Trinajstić information content (AvgIpc) is 2.42. The molecule has 1 aromatic rings. The van der Waals surface area contributed by atoms with E-state index in [1.165, 1.54) is 12.1 Å². The van der Waals surface area contributed by atoms with E-state index < -0.39 is 23.8 Å². The van der Waals surface area contributed by atoms with Gasteiger partial charge in [0.25, 0.3) is 0 Å². The van der Waals surface area contributed by atoms with Gasteiger partial charge in [0.2, 0.25) is 0 Å². The molecule has 5 nitrogen and oxygen atoms in total. The van der Waals surface area contributed by atoms with Crippen molar-refractivity contribution in [3.05, 3.63) is 29.8 Å². The summed E-state index contributed by atoms with van der Waals surface area (Å²) < 4.78 is 42.3. The first-order valence-corrected chi connectivity index (χ1v) is 6.57. The summed E-state index contributed by atoms with van der Waals surface area (Å²) in [6.07, 6.45) is -5.31. The normalized spacial score (nSPS) is 13.2. The quantitative estimate of drug-likeness (QED) is 0.765. The Kier molecular flexibility index (Phi) is 6.63. The van der Waals surface area contributed by atoms with Gasteiger partial charge in [-0.2, -0.15) is 13.2 Å². The molecule has 1 unspecified atom stereocenters. The third kappa shape index (κ3) is 6.77. The number of aliphatic hydroxyl groups excluding tert-OH is 1. The molecule has 0 saturated carbocycles. The van der Waals surface area contributed by atoms with Crippen LogP contribution in [0.3, 0.4) is 0 Å². The molecule has 0 aliphatic rings. The van der Waals surface area contributed by atoms with Gasteiger partial charge in [-0.25, -0.2) is 0 Å². The Labute approximate surface area is 125 Å². The maximum absolute atomic E-state index is 12.4. The summed E-state index contributed by atoms with van der Waals surface area (Å²) in [5, 5.41) is 18.3. The maximum Gasteiger partial charge on any atom is 0.416 e. The molecule has 0 heterocycles. The van der Waals surface area contributed by atoms with Gasteiger partial charge in [0.1, 0.15) is 18.5 Å². The van der Waals surface area contributed by atoms with Crippen LogP contribution in [0.1, 0.15) is 12.0 Å². The Bertz CT molecular complexity index is 476. The minimum atomic E-state index is -4.40. The molecule has 0 aliphatic heterocycles. The Morgan fingerprint density at radius 3 is 2.41 bits per heavy atom. The fraction of sp³-hybridized carbons (Fsp3) is 0.500. The number of benzene rings is 1. The summed E-state index contributed by atoms with van der Waals surface area (Å²) in [6, 6.07) is 4.18. The first kappa shape index (κ1) is 18.2. The second-order valence-corrected chi connectivity index (χ2v) is 4.89. The number of hydrogen-bond donors (Lipinski definition) is 2. The van der Waals surface area contributed by atoms with Gasteiger partial charge >= 0.3 is 12.1 Å². The minimum Gasteiger partial charge on any atom is -0.491 e.